The van der Waals surface area contributed by atoms with Crippen LogP contribution in [-0.4, -0.2) is 57.6 Å². The van der Waals surface area contributed by atoms with Gasteiger partial charge >= 0.3 is 0 Å². The lowest BCUT2D eigenvalue weighted by Crippen LogP contribution is -2.55. The Morgan fingerprint density at radius 1 is 1.26 bits per heavy atom. The van der Waals surface area contributed by atoms with Gasteiger partial charge in [0.25, 0.3) is 11.8 Å². The van der Waals surface area contributed by atoms with Crippen molar-refractivity contribution < 1.29 is 32.7 Å². The van der Waals surface area contributed by atoms with Crippen LogP contribution in [0, 0.1) is 18.6 Å². The SMILES string of the molecule is Cc1cc(CN2CN(C[C@@H]3CCCO3)C(=O)c3c(O)c(=O)c(C(=O)NCc4ccc(F)cc4F)cn32)no1. The molecule has 0 spiro atoms. The number of pyridine rings is 1. The Kier molecular flexibility index (Phi) is 6.85. The summed E-state index contributed by atoms with van der Waals surface area (Å²) in [7, 11) is 0. The van der Waals surface area contributed by atoms with Crippen molar-refractivity contribution in [1.29, 1.82) is 0 Å². The predicted molar refractivity (Wildman–Crippen MR) is 128 cm³/mol. The minimum Gasteiger partial charge on any atom is -0.502 e. The van der Waals surface area contributed by atoms with E-state index in [2.05, 4.69) is 10.5 Å². The number of nitrogens with zero attached hydrogens (tertiary/aromatic N) is 4. The fourth-order valence-electron chi connectivity index (χ4n) is 4.57. The second-order valence-electron chi connectivity index (χ2n) is 9.23. The molecular formula is C25H25F2N5O6. The van der Waals surface area contributed by atoms with Gasteiger partial charge in [0.05, 0.1) is 12.6 Å². The third-order valence-electron chi connectivity index (χ3n) is 6.46. The number of ether oxygens (including phenoxy) is 1. The largest absolute Gasteiger partial charge is 0.502 e. The lowest BCUT2D eigenvalue weighted by molar-refractivity contribution is 0.0454. The molecule has 5 rings (SSSR count). The average Bonchev–Trinajstić information content (AvgIpc) is 3.54. The minimum atomic E-state index is -1.06. The molecule has 38 heavy (non-hydrogen) atoms. The standard InChI is InChI=1S/C25H25F2N5O6/c1-14-7-17(29-38-14)10-31-13-30(11-18-3-2-6-37-18)25(36)21-23(34)22(33)19(12-32(21)31)24(35)28-9-15-4-5-16(26)8-20(15)27/h4-5,7-8,12,18,34H,2-3,6,9-11,13H2,1H3,(H,28,35)/t18-/m0/s1. The van der Waals surface area contributed by atoms with Crippen LogP contribution in [0.15, 0.2) is 39.8 Å². The van der Waals surface area contributed by atoms with Gasteiger partial charge in [0.1, 0.15) is 35.3 Å². The number of halogens is 2. The Morgan fingerprint density at radius 2 is 2.08 bits per heavy atom. The normalized spacial score (nSPS) is 17.1. The molecule has 2 amide bonds. The molecule has 0 bridgehead atoms. The summed E-state index contributed by atoms with van der Waals surface area (Å²) in [6, 6.07) is 4.60. The quantitative estimate of drug-likeness (QED) is 0.474. The van der Waals surface area contributed by atoms with E-state index in [9.17, 15) is 28.3 Å². The van der Waals surface area contributed by atoms with E-state index in [0.717, 1.165) is 25.1 Å². The number of fused-ring (bicyclic) bond motifs is 1. The summed E-state index contributed by atoms with van der Waals surface area (Å²) in [5.74, 6) is -3.45. The predicted octanol–water partition coefficient (Wildman–Crippen LogP) is 1.79. The molecule has 1 saturated heterocycles. The zero-order chi connectivity index (χ0) is 27.0. The topological polar surface area (TPSA) is 130 Å². The molecule has 11 nitrogen and oxygen atoms in total. The lowest BCUT2D eigenvalue weighted by Gasteiger charge is -2.40. The summed E-state index contributed by atoms with van der Waals surface area (Å²) in [5.41, 5.74) is -1.30. The van der Waals surface area contributed by atoms with Gasteiger partial charge in [-0.05, 0) is 25.8 Å². The van der Waals surface area contributed by atoms with Crippen molar-refractivity contribution >= 4 is 11.8 Å². The zero-order valence-electron chi connectivity index (χ0n) is 20.4. The maximum absolute atomic E-state index is 14.0. The van der Waals surface area contributed by atoms with E-state index in [1.54, 1.807) is 18.0 Å². The van der Waals surface area contributed by atoms with Crippen molar-refractivity contribution in [1.82, 2.24) is 20.0 Å². The Bertz CT molecular complexity index is 1450. The lowest BCUT2D eigenvalue weighted by atomic mass is 10.1. The van der Waals surface area contributed by atoms with E-state index < -0.39 is 40.2 Å². The van der Waals surface area contributed by atoms with Crippen LogP contribution in [0.3, 0.4) is 0 Å². The summed E-state index contributed by atoms with van der Waals surface area (Å²) >= 11 is 0. The van der Waals surface area contributed by atoms with Gasteiger partial charge in [-0.3, -0.25) is 24.1 Å². The van der Waals surface area contributed by atoms with Crippen molar-refractivity contribution in [3.63, 3.8) is 0 Å². The van der Waals surface area contributed by atoms with Gasteiger partial charge in [-0.25, -0.2) is 8.78 Å². The smallest absolute Gasteiger partial charge is 0.277 e. The van der Waals surface area contributed by atoms with Gasteiger partial charge in [0.2, 0.25) is 5.43 Å². The number of aryl methyl sites for hydroxylation is 1. The first kappa shape index (κ1) is 25.4. The van der Waals surface area contributed by atoms with Crippen LogP contribution in [0.5, 0.6) is 5.75 Å². The number of rotatable bonds is 7. The van der Waals surface area contributed by atoms with E-state index in [0.29, 0.717) is 24.1 Å². The number of carbonyl (C=O) groups excluding carboxylic acids is 2. The minimum absolute atomic E-state index is 0.00464. The number of hydrogen-bond acceptors (Lipinski definition) is 8. The van der Waals surface area contributed by atoms with E-state index >= 15 is 0 Å². The monoisotopic (exact) mass is 529 g/mol. The fourth-order valence-corrected chi connectivity index (χ4v) is 4.57. The third-order valence-corrected chi connectivity index (χ3v) is 6.46. The summed E-state index contributed by atoms with van der Waals surface area (Å²) in [6.45, 7) is 2.43. The fraction of sp³-hybridized carbons (Fsp3) is 0.360. The molecule has 3 aromatic rings. The van der Waals surface area contributed by atoms with Crippen LogP contribution >= 0.6 is 0 Å². The van der Waals surface area contributed by atoms with Gasteiger partial charge in [0.15, 0.2) is 11.4 Å². The van der Waals surface area contributed by atoms with E-state index in [1.807, 2.05) is 0 Å². The molecule has 0 saturated carbocycles. The molecule has 200 valence electrons. The van der Waals surface area contributed by atoms with E-state index in [-0.39, 0.29) is 43.7 Å². The number of hydrogen-bond donors (Lipinski definition) is 2. The third kappa shape index (κ3) is 4.96. The number of carbonyl (C=O) groups is 2. The molecule has 2 N–H and O–H groups in total. The van der Waals surface area contributed by atoms with Gasteiger partial charge in [-0.1, -0.05) is 11.2 Å². The molecular weight excluding hydrogens is 504 g/mol. The number of amides is 2. The molecule has 1 aromatic carbocycles. The highest BCUT2D eigenvalue weighted by molar-refractivity contribution is 5.99. The molecule has 13 heteroatoms. The summed E-state index contributed by atoms with van der Waals surface area (Å²) < 4.78 is 39.2. The number of aromatic nitrogens is 2. The summed E-state index contributed by atoms with van der Waals surface area (Å²) in [4.78, 5) is 40.7. The van der Waals surface area contributed by atoms with Crippen molar-refractivity contribution in [2.24, 2.45) is 0 Å². The molecule has 2 aliphatic heterocycles. The van der Waals surface area contributed by atoms with Crippen LogP contribution in [-0.2, 0) is 17.8 Å². The van der Waals surface area contributed by atoms with E-state index in [1.165, 1.54) is 15.6 Å². The van der Waals surface area contributed by atoms with Crippen molar-refractivity contribution in [3.05, 3.63) is 80.6 Å². The molecule has 4 heterocycles. The molecule has 2 aliphatic rings. The summed E-state index contributed by atoms with van der Waals surface area (Å²) in [6.07, 6.45) is 2.63. The van der Waals surface area contributed by atoms with Crippen molar-refractivity contribution in [3.8, 4) is 5.75 Å². The first-order valence-corrected chi connectivity index (χ1v) is 12.0. The first-order valence-electron chi connectivity index (χ1n) is 12.0. The Morgan fingerprint density at radius 3 is 2.76 bits per heavy atom. The number of benzene rings is 1. The molecule has 1 fully saturated rings. The second-order valence-corrected chi connectivity index (χ2v) is 9.23. The van der Waals surface area contributed by atoms with Crippen molar-refractivity contribution in [2.75, 3.05) is 24.8 Å². The van der Waals surface area contributed by atoms with Crippen LogP contribution < -0.4 is 15.8 Å². The Labute approximate surface area is 215 Å². The van der Waals surface area contributed by atoms with Crippen LogP contribution in [0.25, 0.3) is 0 Å². The van der Waals surface area contributed by atoms with Gasteiger partial charge in [0, 0.05) is 43.6 Å². The average molecular weight is 530 g/mol. The van der Waals surface area contributed by atoms with E-state index in [4.69, 9.17) is 9.26 Å². The van der Waals surface area contributed by atoms with Gasteiger partial charge in [-0.2, -0.15) is 0 Å². The van der Waals surface area contributed by atoms with Crippen LogP contribution in [0.4, 0.5) is 8.78 Å². The Balaban J connectivity index is 1.47. The molecule has 2 aromatic heterocycles. The second kappa shape index (κ2) is 10.2. The van der Waals surface area contributed by atoms with Crippen LogP contribution in [0.1, 0.15) is 50.7 Å². The highest BCUT2D eigenvalue weighted by atomic mass is 19.1. The highest BCUT2D eigenvalue weighted by Gasteiger charge is 2.36. The summed E-state index contributed by atoms with van der Waals surface area (Å²) in [5, 5.41) is 18.8. The maximum Gasteiger partial charge on any atom is 0.277 e. The maximum atomic E-state index is 14.0. The molecule has 1 atom stereocenters. The molecule has 0 aliphatic carbocycles. The molecule has 0 radical (unpaired) electrons. The van der Waals surface area contributed by atoms with Gasteiger partial charge < -0.3 is 24.6 Å². The number of nitrogens with one attached hydrogen (secondary N) is 1. The van der Waals surface area contributed by atoms with Crippen LogP contribution in [0.2, 0.25) is 0 Å². The Hall–Kier alpha value is -4.26. The highest BCUT2D eigenvalue weighted by Crippen LogP contribution is 2.24. The van der Waals surface area contributed by atoms with Gasteiger partial charge in [-0.15, -0.1) is 0 Å². The first-order chi connectivity index (χ1) is 18.2. The van der Waals surface area contributed by atoms with Crippen molar-refractivity contribution in [2.45, 2.75) is 39.0 Å². The number of aromatic hydroxyl groups is 1. The molecule has 0 unspecified atom stereocenters. The zero-order valence-corrected chi connectivity index (χ0v) is 20.4.